The molecule has 1 saturated heterocycles. The van der Waals surface area contributed by atoms with Crippen molar-refractivity contribution < 1.29 is 19.1 Å². The first-order valence-corrected chi connectivity index (χ1v) is 9.18. The molecule has 0 aromatic heterocycles. The van der Waals surface area contributed by atoms with Gasteiger partial charge in [0.1, 0.15) is 5.75 Å². The molecule has 4 rings (SSSR count). The number of carbonyl (C=O) groups is 2. The predicted molar refractivity (Wildman–Crippen MR) is 101 cm³/mol. The van der Waals surface area contributed by atoms with Crippen LogP contribution >= 0.6 is 11.6 Å². The minimum absolute atomic E-state index is 0.00815. The van der Waals surface area contributed by atoms with E-state index in [1.54, 1.807) is 29.2 Å². The third kappa shape index (κ3) is 3.32. The molecule has 7 heteroatoms. The van der Waals surface area contributed by atoms with Crippen molar-refractivity contribution in [3.05, 3.63) is 52.5 Å². The molecule has 27 heavy (non-hydrogen) atoms. The lowest BCUT2D eigenvalue weighted by atomic mass is 9.99. The molecule has 140 valence electrons. The van der Waals surface area contributed by atoms with E-state index in [0.29, 0.717) is 48.2 Å². The Morgan fingerprint density at radius 2 is 1.85 bits per heavy atom. The summed E-state index contributed by atoms with van der Waals surface area (Å²) in [6.45, 7) is 2.45. The first-order chi connectivity index (χ1) is 13.1. The van der Waals surface area contributed by atoms with Crippen molar-refractivity contribution in [3.63, 3.8) is 0 Å². The fourth-order valence-corrected chi connectivity index (χ4v) is 3.61. The van der Waals surface area contributed by atoms with Crippen molar-refractivity contribution >= 4 is 23.3 Å². The van der Waals surface area contributed by atoms with Crippen LogP contribution in [0.15, 0.2) is 36.4 Å². The fraction of sp³-hybridized carbons (Fsp3) is 0.300. The SMILES string of the molecule is NCC1Oc2c(Cl)cc(-c3ccc(C(=O)N4CCOCC4)cc3)cc2C1=O. The number of nitrogens with two attached hydrogens (primary N) is 1. The second-order valence-electron chi connectivity index (χ2n) is 6.52. The zero-order valence-corrected chi connectivity index (χ0v) is 15.4. The Morgan fingerprint density at radius 1 is 1.15 bits per heavy atom. The van der Waals surface area contributed by atoms with Gasteiger partial charge in [0, 0.05) is 25.2 Å². The average Bonchev–Trinajstić information content (AvgIpc) is 3.05. The van der Waals surface area contributed by atoms with Crippen LogP contribution in [0.1, 0.15) is 20.7 Å². The topological polar surface area (TPSA) is 81.9 Å². The number of rotatable bonds is 3. The Kier molecular flexibility index (Phi) is 4.86. The lowest BCUT2D eigenvalue weighted by Gasteiger charge is -2.26. The molecule has 0 aliphatic carbocycles. The van der Waals surface area contributed by atoms with Crippen molar-refractivity contribution in [2.24, 2.45) is 5.73 Å². The van der Waals surface area contributed by atoms with Crippen molar-refractivity contribution in [2.45, 2.75) is 6.10 Å². The van der Waals surface area contributed by atoms with Gasteiger partial charge in [0.05, 0.1) is 23.8 Å². The van der Waals surface area contributed by atoms with Gasteiger partial charge in [-0.1, -0.05) is 23.7 Å². The summed E-state index contributed by atoms with van der Waals surface area (Å²) < 4.78 is 10.8. The first-order valence-electron chi connectivity index (χ1n) is 8.80. The van der Waals surface area contributed by atoms with Gasteiger partial charge in [-0.2, -0.15) is 0 Å². The highest BCUT2D eigenvalue weighted by molar-refractivity contribution is 6.33. The lowest BCUT2D eigenvalue weighted by molar-refractivity contribution is 0.0303. The number of amides is 1. The van der Waals surface area contributed by atoms with Crippen LogP contribution in [0, 0.1) is 0 Å². The number of benzene rings is 2. The summed E-state index contributed by atoms with van der Waals surface area (Å²) in [6, 6.07) is 10.8. The maximum atomic E-state index is 12.5. The number of hydrogen-bond acceptors (Lipinski definition) is 5. The largest absolute Gasteiger partial charge is 0.479 e. The zero-order valence-electron chi connectivity index (χ0n) is 14.6. The highest BCUT2D eigenvalue weighted by atomic mass is 35.5. The second-order valence-corrected chi connectivity index (χ2v) is 6.93. The van der Waals surface area contributed by atoms with Gasteiger partial charge >= 0.3 is 0 Å². The third-order valence-electron chi connectivity index (χ3n) is 4.84. The Balaban J connectivity index is 1.60. The van der Waals surface area contributed by atoms with Crippen LogP contribution in [-0.4, -0.2) is 55.5 Å². The monoisotopic (exact) mass is 386 g/mol. The van der Waals surface area contributed by atoms with Crippen LogP contribution in [0.3, 0.4) is 0 Å². The van der Waals surface area contributed by atoms with Gasteiger partial charge in [-0.15, -0.1) is 0 Å². The number of morpholine rings is 1. The summed E-state index contributed by atoms with van der Waals surface area (Å²) in [5.41, 5.74) is 8.30. The number of carbonyl (C=O) groups excluding carboxylic acids is 2. The molecular weight excluding hydrogens is 368 g/mol. The summed E-state index contributed by atoms with van der Waals surface area (Å²) in [7, 11) is 0. The van der Waals surface area contributed by atoms with E-state index in [9.17, 15) is 9.59 Å². The van der Waals surface area contributed by atoms with Crippen LogP contribution in [0.4, 0.5) is 0 Å². The Morgan fingerprint density at radius 3 is 2.52 bits per heavy atom. The van der Waals surface area contributed by atoms with Gasteiger partial charge in [-0.05, 0) is 35.4 Å². The molecule has 1 fully saturated rings. The molecule has 2 aliphatic heterocycles. The molecule has 2 aliphatic rings. The summed E-state index contributed by atoms with van der Waals surface area (Å²) in [5, 5.41) is 0.375. The fourth-order valence-electron chi connectivity index (χ4n) is 3.34. The molecular formula is C20H19ClN2O4. The first kappa shape index (κ1) is 18.0. The Bertz CT molecular complexity index is 892. The molecule has 0 spiro atoms. The van der Waals surface area contributed by atoms with Gasteiger partial charge < -0.3 is 20.1 Å². The number of fused-ring (bicyclic) bond motifs is 1. The number of Topliss-reactive ketones (excluding diaryl/α,β-unsaturated/α-hetero) is 1. The van der Waals surface area contributed by atoms with E-state index in [1.807, 2.05) is 12.1 Å². The molecule has 0 saturated carbocycles. The van der Waals surface area contributed by atoms with E-state index in [2.05, 4.69) is 0 Å². The van der Waals surface area contributed by atoms with Crippen LogP contribution in [0.2, 0.25) is 5.02 Å². The van der Waals surface area contributed by atoms with Crippen molar-refractivity contribution in [3.8, 4) is 16.9 Å². The molecule has 2 N–H and O–H groups in total. The quantitative estimate of drug-likeness (QED) is 0.875. The molecule has 0 radical (unpaired) electrons. The van der Waals surface area contributed by atoms with Crippen LogP contribution < -0.4 is 10.5 Å². The van der Waals surface area contributed by atoms with E-state index >= 15 is 0 Å². The van der Waals surface area contributed by atoms with Crippen LogP contribution in [0.25, 0.3) is 11.1 Å². The van der Waals surface area contributed by atoms with Gasteiger partial charge in [-0.3, -0.25) is 9.59 Å². The molecule has 1 atom stereocenters. The third-order valence-corrected chi connectivity index (χ3v) is 5.12. The van der Waals surface area contributed by atoms with E-state index in [-0.39, 0.29) is 18.2 Å². The van der Waals surface area contributed by atoms with E-state index in [0.717, 1.165) is 11.1 Å². The van der Waals surface area contributed by atoms with Gasteiger partial charge in [0.2, 0.25) is 5.78 Å². The van der Waals surface area contributed by atoms with E-state index < -0.39 is 6.10 Å². The molecule has 6 nitrogen and oxygen atoms in total. The molecule has 0 bridgehead atoms. The number of hydrogen-bond donors (Lipinski definition) is 1. The zero-order chi connectivity index (χ0) is 19.0. The van der Waals surface area contributed by atoms with Crippen molar-refractivity contribution in [2.75, 3.05) is 32.8 Å². The van der Waals surface area contributed by atoms with Crippen LogP contribution in [-0.2, 0) is 4.74 Å². The average molecular weight is 387 g/mol. The predicted octanol–water partition coefficient (Wildman–Crippen LogP) is 2.38. The van der Waals surface area contributed by atoms with Crippen molar-refractivity contribution in [1.29, 1.82) is 0 Å². The Hall–Kier alpha value is -2.41. The summed E-state index contributed by atoms with van der Waals surface area (Å²) in [6.07, 6.45) is -0.679. The standard InChI is InChI=1S/C20H19ClN2O4/c21-16-10-14(9-15-18(24)17(11-22)27-19(15)16)12-1-3-13(4-2-12)20(25)23-5-7-26-8-6-23/h1-4,9-10,17H,5-8,11,22H2. The number of ether oxygens (including phenoxy) is 2. The molecule has 1 amide bonds. The highest BCUT2D eigenvalue weighted by Crippen LogP contribution is 2.39. The summed E-state index contributed by atoms with van der Waals surface area (Å²) >= 11 is 6.30. The van der Waals surface area contributed by atoms with Gasteiger partial charge in [0.15, 0.2) is 6.10 Å². The number of ketones is 1. The van der Waals surface area contributed by atoms with E-state index in [1.165, 1.54) is 0 Å². The lowest BCUT2D eigenvalue weighted by Crippen LogP contribution is -2.40. The van der Waals surface area contributed by atoms with E-state index in [4.69, 9.17) is 26.8 Å². The maximum Gasteiger partial charge on any atom is 0.254 e. The minimum Gasteiger partial charge on any atom is -0.479 e. The summed E-state index contributed by atoms with van der Waals surface area (Å²) in [5.74, 6) is 0.224. The number of nitrogens with zero attached hydrogens (tertiary/aromatic N) is 1. The molecule has 1 unspecified atom stereocenters. The maximum absolute atomic E-state index is 12.5. The normalized spacial score (nSPS) is 19.0. The Labute approximate surface area is 161 Å². The smallest absolute Gasteiger partial charge is 0.254 e. The molecule has 2 aromatic rings. The van der Waals surface area contributed by atoms with Gasteiger partial charge in [-0.25, -0.2) is 0 Å². The molecule has 2 aromatic carbocycles. The second kappa shape index (κ2) is 7.31. The molecule has 2 heterocycles. The number of halogens is 1. The minimum atomic E-state index is -0.679. The van der Waals surface area contributed by atoms with Crippen LogP contribution in [0.5, 0.6) is 5.75 Å². The van der Waals surface area contributed by atoms with Crippen molar-refractivity contribution in [1.82, 2.24) is 4.90 Å². The van der Waals surface area contributed by atoms with Gasteiger partial charge in [0.25, 0.3) is 5.91 Å². The summed E-state index contributed by atoms with van der Waals surface area (Å²) in [4.78, 5) is 26.7. The highest BCUT2D eigenvalue weighted by Gasteiger charge is 2.33.